The van der Waals surface area contributed by atoms with Gasteiger partial charge < -0.3 is 10.1 Å². The highest BCUT2D eigenvalue weighted by Crippen LogP contribution is 2.28. The second kappa shape index (κ2) is 8.19. The molecule has 1 amide bonds. The fraction of sp³-hybridized carbons (Fsp3) is 0.273. The van der Waals surface area contributed by atoms with Gasteiger partial charge in [-0.3, -0.25) is 4.79 Å². The molecule has 0 aliphatic carbocycles. The number of rotatable bonds is 5. The number of anilines is 1. The van der Waals surface area contributed by atoms with E-state index in [4.69, 9.17) is 9.84 Å². The van der Waals surface area contributed by atoms with Gasteiger partial charge in [-0.15, -0.1) is 0 Å². The van der Waals surface area contributed by atoms with E-state index in [1.165, 1.54) is 0 Å². The van der Waals surface area contributed by atoms with Gasteiger partial charge in [0.25, 0.3) is 5.91 Å². The van der Waals surface area contributed by atoms with Gasteiger partial charge in [-0.1, -0.05) is 48.8 Å². The summed E-state index contributed by atoms with van der Waals surface area (Å²) in [4.78, 5) is 13.0. The molecule has 1 heterocycles. The summed E-state index contributed by atoms with van der Waals surface area (Å²) in [5.41, 5.74) is 2.10. The lowest BCUT2D eigenvalue weighted by atomic mass is 9.92. The van der Waals surface area contributed by atoms with Crippen molar-refractivity contribution in [3.05, 3.63) is 70.3 Å². The molecular weight excluding hydrogens is 418 g/mol. The second-order valence-electron chi connectivity index (χ2n) is 7.44. The minimum atomic E-state index is -0.234. The fourth-order valence-electron chi connectivity index (χ4n) is 2.74. The summed E-state index contributed by atoms with van der Waals surface area (Å²) in [7, 11) is 0. The molecule has 0 spiro atoms. The fourth-order valence-corrected chi connectivity index (χ4v) is 3.00. The zero-order valence-corrected chi connectivity index (χ0v) is 18.1. The lowest BCUT2D eigenvalue weighted by Crippen LogP contribution is -2.16. The lowest BCUT2D eigenvalue weighted by Gasteiger charge is -2.14. The van der Waals surface area contributed by atoms with Gasteiger partial charge >= 0.3 is 0 Å². The Balaban J connectivity index is 2.00. The van der Waals surface area contributed by atoms with Gasteiger partial charge in [0.05, 0.1) is 23.6 Å². The SMILES string of the molecule is CCOc1ccccc1C(=O)Nc1cc(C(C)(C)C)nn1-c1ccc(Br)cc1. The number of ether oxygens (including phenoxy) is 1. The van der Waals surface area contributed by atoms with E-state index >= 15 is 0 Å². The minimum absolute atomic E-state index is 0.149. The van der Waals surface area contributed by atoms with Crippen LogP contribution in [-0.4, -0.2) is 22.3 Å². The van der Waals surface area contributed by atoms with Gasteiger partial charge in [-0.05, 0) is 43.3 Å². The Kier molecular flexibility index (Phi) is 5.89. The van der Waals surface area contributed by atoms with Gasteiger partial charge in [0, 0.05) is 16.0 Å². The van der Waals surface area contributed by atoms with Crippen molar-refractivity contribution in [2.75, 3.05) is 11.9 Å². The Bertz CT molecular complexity index is 972. The van der Waals surface area contributed by atoms with Crippen LogP contribution in [-0.2, 0) is 5.41 Å². The van der Waals surface area contributed by atoms with Crippen LogP contribution in [0.4, 0.5) is 5.82 Å². The molecule has 0 aliphatic rings. The van der Waals surface area contributed by atoms with Gasteiger partial charge in [0.1, 0.15) is 11.6 Å². The van der Waals surface area contributed by atoms with Crippen molar-refractivity contribution in [2.45, 2.75) is 33.1 Å². The van der Waals surface area contributed by atoms with Crippen molar-refractivity contribution >= 4 is 27.7 Å². The Morgan fingerprint density at radius 2 is 1.82 bits per heavy atom. The third kappa shape index (κ3) is 4.44. The largest absolute Gasteiger partial charge is 0.493 e. The number of hydrogen-bond acceptors (Lipinski definition) is 3. The number of aromatic nitrogens is 2. The molecule has 146 valence electrons. The lowest BCUT2D eigenvalue weighted by molar-refractivity contribution is 0.102. The minimum Gasteiger partial charge on any atom is -0.493 e. The van der Waals surface area contributed by atoms with Gasteiger partial charge in [-0.25, -0.2) is 4.68 Å². The predicted molar refractivity (Wildman–Crippen MR) is 116 cm³/mol. The number of amides is 1. The van der Waals surface area contributed by atoms with Crippen molar-refractivity contribution in [3.63, 3.8) is 0 Å². The number of halogens is 1. The summed E-state index contributed by atoms with van der Waals surface area (Å²) < 4.78 is 8.34. The Hall–Kier alpha value is -2.60. The number of carbonyl (C=O) groups excluding carboxylic acids is 1. The third-order valence-electron chi connectivity index (χ3n) is 4.22. The van der Waals surface area contributed by atoms with Crippen molar-refractivity contribution < 1.29 is 9.53 Å². The molecule has 5 nitrogen and oxygen atoms in total. The van der Waals surface area contributed by atoms with Crippen LogP contribution in [0, 0.1) is 0 Å². The molecule has 3 rings (SSSR count). The monoisotopic (exact) mass is 441 g/mol. The van der Waals surface area contributed by atoms with Crippen LogP contribution >= 0.6 is 15.9 Å². The summed E-state index contributed by atoms with van der Waals surface area (Å²) in [6.07, 6.45) is 0. The smallest absolute Gasteiger partial charge is 0.260 e. The predicted octanol–water partition coefficient (Wildman–Crippen LogP) is 5.58. The Morgan fingerprint density at radius 3 is 2.46 bits per heavy atom. The number of carbonyl (C=O) groups is 1. The molecule has 6 heteroatoms. The highest BCUT2D eigenvalue weighted by molar-refractivity contribution is 9.10. The average Bonchev–Trinajstić information content (AvgIpc) is 3.07. The standard InChI is InChI=1S/C22H24BrN3O2/c1-5-28-18-9-7-6-8-17(18)21(27)24-20-14-19(22(2,3)4)25-26(20)16-12-10-15(23)11-13-16/h6-14H,5H2,1-4H3,(H,24,27). The third-order valence-corrected chi connectivity index (χ3v) is 4.75. The van der Waals surface area contributed by atoms with Crippen LogP contribution in [0.2, 0.25) is 0 Å². The first-order valence-corrected chi connectivity index (χ1v) is 9.98. The van der Waals surface area contributed by atoms with Crippen LogP contribution in [0.3, 0.4) is 0 Å². The molecule has 2 aromatic carbocycles. The van der Waals surface area contributed by atoms with Crippen LogP contribution < -0.4 is 10.1 Å². The number of nitrogens with one attached hydrogen (secondary N) is 1. The van der Waals surface area contributed by atoms with Crippen LogP contribution in [0.25, 0.3) is 5.69 Å². The number of hydrogen-bond donors (Lipinski definition) is 1. The first-order valence-electron chi connectivity index (χ1n) is 9.19. The van der Waals surface area contributed by atoms with Crippen LogP contribution in [0.5, 0.6) is 5.75 Å². The maximum Gasteiger partial charge on any atom is 0.260 e. The first kappa shape index (κ1) is 20.1. The van der Waals surface area contributed by atoms with E-state index in [1.807, 2.05) is 49.4 Å². The molecule has 0 bridgehead atoms. The molecular formula is C22H24BrN3O2. The molecule has 0 fully saturated rings. The molecule has 0 unspecified atom stereocenters. The van der Waals surface area contributed by atoms with Crippen LogP contribution in [0.1, 0.15) is 43.7 Å². The van der Waals surface area contributed by atoms with Crippen LogP contribution in [0.15, 0.2) is 59.1 Å². The van der Waals surface area contributed by atoms with E-state index in [0.29, 0.717) is 23.7 Å². The summed E-state index contributed by atoms with van der Waals surface area (Å²) >= 11 is 3.45. The van der Waals surface area contributed by atoms with E-state index in [1.54, 1.807) is 16.8 Å². The highest BCUT2D eigenvalue weighted by Gasteiger charge is 2.22. The summed E-state index contributed by atoms with van der Waals surface area (Å²) in [5.74, 6) is 0.944. The number of para-hydroxylation sites is 1. The van der Waals surface area contributed by atoms with E-state index in [-0.39, 0.29) is 11.3 Å². The van der Waals surface area contributed by atoms with E-state index in [9.17, 15) is 4.79 Å². The molecule has 0 saturated heterocycles. The zero-order valence-electron chi connectivity index (χ0n) is 16.5. The average molecular weight is 442 g/mol. The molecule has 28 heavy (non-hydrogen) atoms. The van der Waals surface area contributed by atoms with Gasteiger partial charge in [0.15, 0.2) is 0 Å². The van der Waals surface area contributed by atoms with E-state index in [2.05, 4.69) is 42.0 Å². The normalized spacial score (nSPS) is 11.3. The number of nitrogens with zero attached hydrogens (tertiary/aromatic N) is 2. The second-order valence-corrected chi connectivity index (χ2v) is 8.35. The maximum absolute atomic E-state index is 13.0. The van der Waals surface area contributed by atoms with Gasteiger partial charge in [-0.2, -0.15) is 5.10 Å². The highest BCUT2D eigenvalue weighted by atomic mass is 79.9. The van der Waals surface area contributed by atoms with Crippen molar-refractivity contribution in [3.8, 4) is 11.4 Å². The number of benzene rings is 2. The van der Waals surface area contributed by atoms with Crippen molar-refractivity contribution in [2.24, 2.45) is 0 Å². The maximum atomic E-state index is 13.0. The zero-order chi connectivity index (χ0) is 20.3. The molecule has 1 N–H and O–H groups in total. The van der Waals surface area contributed by atoms with Crippen molar-refractivity contribution in [1.29, 1.82) is 0 Å². The summed E-state index contributed by atoms with van der Waals surface area (Å²) in [5, 5.41) is 7.74. The topological polar surface area (TPSA) is 56.1 Å². The Morgan fingerprint density at radius 1 is 1.14 bits per heavy atom. The van der Waals surface area contributed by atoms with E-state index < -0.39 is 0 Å². The first-order chi connectivity index (χ1) is 13.3. The molecule has 0 atom stereocenters. The van der Waals surface area contributed by atoms with Crippen molar-refractivity contribution in [1.82, 2.24) is 9.78 Å². The molecule has 1 aromatic heterocycles. The summed E-state index contributed by atoms with van der Waals surface area (Å²) in [6.45, 7) is 8.67. The molecule has 0 saturated carbocycles. The van der Waals surface area contributed by atoms with Gasteiger partial charge in [0.2, 0.25) is 0 Å². The summed E-state index contributed by atoms with van der Waals surface area (Å²) in [6, 6.07) is 16.9. The Labute approximate surface area is 173 Å². The molecule has 3 aromatic rings. The quantitative estimate of drug-likeness (QED) is 0.561. The molecule has 0 aliphatic heterocycles. The molecule has 0 radical (unpaired) electrons. The van der Waals surface area contributed by atoms with E-state index in [0.717, 1.165) is 15.9 Å².